The largest absolute Gasteiger partial charge is 0.368 e. The topological polar surface area (TPSA) is 49.0 Å². The average molecular weight is 243 g/mol. The number of aromatic amines is 1. The van der Waals surface area contributed by atoms with Crippen molar-refractivity contribution >= 4 is 16.6 Å². The lowest BCUT2D eigenvalue weighted by atomic mass is 10.0. The molecule has 2 aromatic heterocycles. The molecule has 0 aliphatic carbocycles. The van der Waals surface area contributed by atoms with E-state index in [0.29, 0.717) is 6.04 Å². The molecule has 1 aliphatic rings. The molecule has 18 heavy (non-hydrogen) atoms. The van der Waals surface area contributed by atoms with Gasteiger partial charge in [0.25, 0.3) is 0 Å². The second-order valence-corrected chi connectivity index (χ2v) is 4.98. The quantitative estimate of drug-likeness (QED) is 0.836. The van der Waals surface area contributed by atoms with Crippen molar-refractivity contribution in [1.29, 1.82) is 0 Å². The number of hydrogen-bond acceptors (Lipinski definition) is 3. The fourth-order valence-corrected chi connectivity index (χ4v) is 2.77. The molecule has 4 nitrogen and oxygen atoms in total. The lowest BCUT2D eigenvalue weighted by molar-refractivity contribution is 0.485. The third-order valence-electron chi connectivity index (χ3n) is 3.74. The molecule has 1 saturated heterocycles. The molecule has 1 unspecified atom stereocenters. The highest BCUT2D eigenvalue weighted by molar-refractivity contribution is 5.90. The molecule has 1 aliphatic heterocycles. The zero-order valence-electron chi connectivity index (χ0n) is 10.5. The molecule has 0 saturated carbocycles. The number of anilines is 1. The van der Waals surface area contributed by atoms with E-state index in [1.807, 2.05) is 12.3 Å². The maximum absolute atomic E-state index is 11.8. The van der Waals surface area contributed by atoms with Crippen molar-refractivity contribution in [2.24, 2.45) is 0 Å². The van der Waals surface area contributed by atoms with E-state index >= 15 is 0 Å². The molecule has 1 atom stereocenters. The third kappa shape index (κ3) is 1.88. The van der Waals surface area contributed by atoms with Gasteiger partial charge in [-0.3, -0.25) is 9.78 Å². The number of nitrogens with zero attached hydrogens (tertiary/aromatic N) is 2. The van der Waals surface area contributed by atoms with Crippen molar-refractivity contribution in [3.63, 3.8) is 0 Å². The molecule has 0 spiro atoms. The first-order chi connectivity index (χ1) is 8.75. The van der Waals surface area contributed by atoms with Crippen LogP contribution in [0.15, 0.2) is 29.3 Å². The minimum absolute atomic E-state index is 0.0403. The first kappa shape index (κ1) is 11.3. The van der Waals surface area contributed by atoms with Crippen molar-refractivity contribution in [1.82, 2.24) is 9.97 Å². The number of fused-ring (bicyclic) bond motifs is 1. The molecule has 1 N–H and O–H groups in total. The van der Waals surface area contributed by atoms with Crippen LogP contribution < -0.4 is 10.5 Å². The van der Waals surface area contributed by atoms with Crippen molar-refractivity contribution in [2.75, 3.05) is 11.4 Å². The van der Waals surface area contributed by atoms with Gasteiger partial charge in [0.05, 0.1) is 11.2 Å². The van der Waals surface area contributed by atoms with Crippen LogP contribution in [0.25, 0.3) is 10.9 Å². The number of rotatable bonds is 1. The highest BCUT2D eigenvalue weighted by Crippen LogP contribution is 2.28. The van der Waals surface area contributed by atoms with Crippen LogP contribution in [0.1, 0.15) is 26.2 Å². The second-order valence-electron chi connectivity index (χ2n) is 4.98. The molecule has 3 heterocycles. The molecule has 94 valence electrons. The fourth-order valence-electron chi connectivity index (χ4n) is 2.77. The molecular formula is C14H17N3O. The minimum atomic E-state index is -0.0403. The summed E-state index contributed by atoms with van der Waals surface area (Å²) < 4.78 is 0. The highest BCUT2D eigenvalue weighted by atomic mass is 16.1. The van der Waals surface area contributed by atoms with E-state index in [1.54, 1.807) is 12.3 Å². The molecule has 1 fully saturated rings. The number of H-pyrrole nitrogens is 1. The summed E-state index contributed by atoms with van der Waals surface area (Å²) in [5.74, 6) is 0. The maximum Gasteiger partial charge on any atom is 0.250 e. The van der Waals surface area contributed by atoms with Gasteiger partial charge in [-0.25, -0.2) is 0 Å². The zero-order valence-corrected chi connectivity index (χ0v) is 10.5. The summed E-state index contributed by atoms with van der Waals surface area (Å²) in [6, 6.07) is 4.05. The predicted octanol–water partition coefficient (Wildman–Crippen LogP) is 2.30. The van der Waals surface area contributed by atoms with E-state index in [2.05, 4.69) is 21.8 Å². The Morgan fingerprint density at radius 1 is 1.44 bits per heavy atom. The van der Waals surface area contributed by atoms with E-state index in [9.17, 15) is 4.79 Å². The number of hydrogen-bond donors (Lipinski definition) is 1. The van der Waals surface area contributed by atoms with E-state index in [0.717, 1.165) is 23.1 Å². The van der Waals surface area contributed by atoms with Crippen molar-refractivity contribution < 1.29 is 0 Å². The van der Waals surface area contributed by atoms with E-state index in [-0.39, 0.29) is 5.56 Å². The molecule has 4 heteroatoms. The van der Waals surface area contributed by atoms with E-state index in [4.69, 9.17) is 0 Å². The van der Waals surface area contributed by atoms with Crippen LogP contribution in [0, 0.1) is 0 Å². The first-order valence-corrected chi connectivity index (χ1v) is 6.49. The van der Waals surface area contributed by atoms with Gasteiger partial charge in [-0.05, 0) is 32.3 Å². The summed E-state index contributed by atoms with van der Waals surface area (Å²) in [5, 5.41) is 1.03. The maximum atomic E-state index is 11.8. The Kier molecular flexibility index (Phi) is 2.78. The van der Waals surface area contributed by atoms with Gasteiger partial charge in [0.2, 0.25) is 5.56 Å². The SMILES string of the molecule is CC1CCCCN1c1cc(=O)[nH]c2ccncc12. The van der Waals surface area contributed by atoms with Crippen LogP contribution in [0.5, 0.6) is 0 Å². The summed E-state index contributed by atoms with van der Waals surface area (Å²) in [5.41, 5.74) is 1.85. The molecule has 0 amide bonds. The van der Waals surface area contributed by atoms with Gasteiger partial charge in [-0.15, -0.1) is 0 Å². The molecular weight excluding hydrogens is 226 g/mol. The van der Waals surface area contributed by atoms with Gasteiger partial charge < -0.3 is 9.88 Å². The number of pyridine rings is 2. The first-order valence-electron chi connectivity index (χ1n) is 6.49. The van der Waals surface area contributed by atoms with E-state index < -0.39 is 0 Å². The summed E-state index contributed by atoms with van der Waals surface area (Å²) in [6.07, 6.45) is 7.20. The Hall–Kier alpha value is -1.84. The standard InChI is InChI=1S/C14H17N3O/c1-10-4-2-3-7-17(10)13-8-14(18)16-12-5-6-15-9-11(12)13/h5-6,8-10H,2-4,7H2,1H3,(H,16,18). The van der Waals surface area contributed by atoms with Crippen LogP contribution in [0.2, 0.25) is 0 Å². The van der Waals surface area contributed by atoms with Crippen LogP contribution >= 0.6 is 0 Å². The average Bonchev–Trinajstić information content (AvgIpc) is 2.38. The lowest BCUT2D eigenvalue weighted by Gasteiger charge is -2.35. The Labute approximate surface area is 106 Å². The van der Waals surface area contributed by atoms with Gasteiger partial charge in [0.15, 0.2) is 0 Å². The lowest BCUT2D eigenvalue weighted by Crippen LogP contribution is -2.38. The Bertz CT molecular complexity index is 620. The number of nitrogens with one attached hydrogen (secondary N) is 1. The van der Waals surface area contributed by atoms with Crippen molar-refractivity contribution in [2.45, 2.75) is 32.2 Å². The molecule has 0 radical (unpaired) electrons. The smallest absolute Gasteiger partial charge is 0.250 e. The van der Waals surface area contributed by atoms with Crippen LogP contribution in [0.4, 0.5) is 5.69 Å². The Morgan fingerprint density at radius 3 is 3.17 bits per heavy atom. The Morgan fingerprint density at radius 2 is 2.33 bits per heavy atom. The second kappa shape index (κ2) is 4.44. The zero-order chi connectivity index (χ0) is 12.5. The number of aromatic nitrogens is 2. The summed E-state index contributed by atoms with van der Waals surface area (Å²) >= 11 is 0. The third-order valence-corrected chi connectivity index (χ3v) is 3.74. The van der Waals surface area contributed by atoms with E-state index in [1.165, 1.54) is 19.3 Å². The van der Waals surface area contributed by atoms with Crippen molar-refractivity contribution in [3.8, 4) is 0 Å². The minimum Gasteiger partial charge on any atom is -0.368 e. The van der Waals surface area contributed by atoms with Crippen LogP contribution in [0.3, 0.4) is 0 Å². The normalized spacial score (nSPS) is 20.3. The molecule has 3 rings (SSSR count). The molecule has 0 aromatic carbocycles. The monoisotopic (exact) mass is 243 g/mol. The van der Waals surface area contributed by atoms with Crippen molar-refractivity contribution in [3.05, 3.63) is 34.9 Å². The van der Waals surface area contributed by atoms with Crippen LogP contribution in [-0.2, 0) is 0 Å². The fraction of sp³-hybridized carbons (Fsp3) is 0.429. The van der Waals surface area contributed by atoms with Gasteiger partial charge in [-0.1, -0.05) is 0 Å². The van der Waals surface area contributed by atoms with Gasteiger partial charge >= 0.3 is 0 Å². The predicted molar refractivity (Wildman–Crippen MR) is 73.0 cm³/mol. The van der Waals surface area contributed by atoms with Gasteiger partial charge in [0.1, 0.15) is 0 Å². The summed E-state index contributed by atoms with van der Waals surface area (Å²) in [6.45, 7) is 3.25. The summed E-state index contributed by atoms with van der Waals surface area (Å²) in [4.78, 5) is 21.1. The molecule has 2 aromatic rings. The highest BCUT2D eigenvalue weighted by Gasteiger charge is 2.20. The van der Waals surface area contributed by atoms with Gasteiger partial charge in [-0.2, -0.15) is 0 Å². The Balaban J connectivity index is 2.18. The van der Waals surface area contributed by atoms with Crippen LogP contribution in [-0.4, -0.2) is 22.6 Å². The summed E-state index contributed by atoms with van der Waals surface area (Å²) in [7, 11) is 0. The molecule has 0 bridgehead atoms. The number of piperidine rings is 1. The van der Waals surface area contributed by atoms with Gasteiger partial charge in [0, 0.05) is 36.4 Å².